The molecule has 1 aromatic carbocycles. The van der Waals surface area contributed by atoms with Crippen LogP contribution in [-0.2, 0) is 4.74 Å². The summed E-state index contributed by atoms with van der Waals surface area (Å²) in [6, 6.07) is 6.55. The topological polar surface area (TPSA) is 47.3 Å². The second-order valence-corrected chi connectivity index (χ2v) is 4.96. The number of aromatic nitrogens is 1. The Morgan fingerprint density at radius 3 is 3.11 bits per heavy atom. The van der Waals surface area contributed by atoms with E-state index in [4.69, 9.17) is 9.15 Å². The van der Waals surface area contributed by atoms with Crippen molar-refractivity contribution in [2.45, 2.75) is 38.8 Å². The Balaban J connectivity index is 1.77. The molecule has 4 nitrogen and oxygen atoms in total. The van der Waals surface area contributed by atoms with Gasteiger partial charge in [0.1, 0.15) is 5.52 Å². The number of rotatable bonds is 2. The molecule has 1 aliphatic heterocycles. The van der Waals surface area contributed by atoms with Crippen LogP contribution in [0.2, 0.25) is 0 Å². The van der Waals surface area contributed by atoms with Crippen LogP contribution in [0.3, 0.4) is 0 Å². The van der Waals surface area contributed by atoms with E-state index in [1.165, 1.54) is 0 Å². The van der Waals surface area contributed by atoms with E-state index < -0.39 is 0 Å². The number of anilines is 1. The van der Waals surface area contributed by atoms with Gasteiger partial charge in [0, 0.05) is 25.3 Å². The number of oxazole rings is 1. The minimum Gasteiger partial charge on any atom is -0.441 e. The summed E-state index contributed by atoms with van der Waals surface area (Å²) < 4.78 is 11.0. The van der Waals surface area contributed by atoms with Crippen molar-refractivity contribution in [1.82, 2.24) is 4.98 Å². The Morgan fingerprint density at radius 1 is 1.39 bits per heavy atom. The summed E-state index contributed by atoms with van der Waals surface area (Å²) in [6.45, 7) is 4.83. The van der Waals surface area contributed by atoms with E-state index in [9.17, 15) is 0 Å². The Morgan fingerprint density at radius 2 is 2.28 bits per heavy atom. The molecular formula is C14H18N2O2. The van der Waals surface area contributed by atoms with Crippen molar-refractivity contribution in [3.8, 4) is 0 Å². The molecule has 96 valence electrons. The first-order valence-corrected chi connectivity index (χ1v) is 6.46. The van der Waals surface area contributed by atoms with Crippen LogP contribution in [0.25, 0.3) is 11.1 Å². The monoisotopic (exact) mass is 246 g/mol. The maximum Gasteiger partial charge on any atom is 0.192 e. The maximum absolute atomic E-state index is 5.55. The molecule has 1 N–H and O–H groups in total. The van der Waals surface area contributed by atoms with Gasteiger partial charge in [0.2, 0.25) is 0 Å². The van der Waals surface area contributed by atoms with Gasteiger partial charge in [-0.1, -0.05) is 0 Å². The van der Waals surface area contributed by atoms with Crippen LogP contribution in [-0.4, -0.2) is 23.7 Å². The molecule has 2 atom stereocenters. The number of nitrogens with one attached hydrogen (secondary N) is 1. The van der Waals surface area contributed by atoms with E-state index in [0.717, 1.165) is 36.2 Å². The fourth-order valence-electron chi connectivity index (χ4n) is 2.50. The number of aryl methyl sites for hydroxylation is 1. The molecule has 2 aromatic rings. The molecule has 0 bridgehead atoms. The van der Waals surface area contributed by atoms with Crippen LogP contribution in [0, 0.1) is 6.92 Å². The predicted molar refractivity (Wildman–Crippen MR) is 70.8 cm³/mol. The summed E-state index contributed by atoms with van der Waals surface area (Å²) in [7, 11) is 0. The third kappa shape index (κ3) is 2.34. The minimum atomic E-state index is 0.342. The molecule has 1 aliphatic rings. The number of fused-ring (bicyclic) bond motifs is 1. The first-order valence-electron chi connectivity index (χ1n) is 6.46. The highest BCUT2D eigenvalue weighted by Gasteiger charge is 2.19. The molecule has 4 heteroatoms. The van der Waals surface area contributed by atoms with Crippen LogP contribution in [0.5, 0.6) is 0 Å². The number of nitrogens with zero attached hydrogens (tertiary/aromatic N) is 1. The third-order valence-electron chi connectivity index (χ3n) is 3.35. The molecule has 0 amide bonds. The molecular weight excluding hydrogens is 228 g/mol. The highest BCUT2D eigenvalue weighted by Crippen LogP contribution is 2.23. The van der Waals surface area contributed by atoms with Crippen molar-refractivity contribution in [2.75, 3.05) is 11.9 Å². The lowest BCUT2D eigenvalue weighted by Crippen LogP contribution is -2.32. The van der Waals surface area contributed by atoms with Crippen LogP contribution >= 0.6 is 0 Å². The van der Waals surface area contributed by atoms with E-state index in [2.05, 4.69) is 17.2 Å². The average molecular weight is 246 g/mol. The molecule has 0 radical (unpaired) electrons. The van der Waals surface area contributed by atoms with Crippen molar-refractivity contribution in [3.63, 3.8) is 0 Å². The normalized spacial score (nSPS) is 24.3. The highest BCUT2D eigenvalue weighted by molar-refractivity contribution is 5.77. The van der Waals surface area contributed by atoms with Gasteiger partial charge in [0.25, 0.3) is 0 Å². The summed E-state index contributed by atoms with van der Waals surface area (Å²) in [5.41, 5.74) is 2.87. The van der Waals surface area contributed by atoms with Crippen LogP contribution in [0.1, 0.15) is 25.7 Å². The lowest BCUT2D eigenvalue weighted by molar-refractivity contribution is 0.0232. The quantitative estimate of drug-likeness (QED) is 0.884. The standard InChI is InChI=1S/C14H18N2O2/c1-9-7-12(5-6-17-9)16-11-3-4-14-13(8-11)15-10(2)18-14/h3-4,8-9,12,16H,5-7H2,1-2H3. The Labute approximate surface area is 106 Å². The maximum atomic E-state index is 5.55. The molecule has 2 unspecified atom stereocenters. The van der Waals surface area contributed by atoms with Gasteiger partial charge >= 0.3 is 0 Å². The Bertz CT molecular complexity index is 550. The first kappa shape index (κ1) is 11.5. The fourth-order valence-corrected chi connectivity index (χ4v) is 2.50. The summed E-state index contributed by atoms with van der Waals surface area (Å²) in [6.07, 6.45) is 2.45. The Kier molecular flexibility index (Phi) is 2.96. The number of hydrogen-bond acceptors (Lipinski definition) is 4. The van der Waals surface area contributed by atoms with Gasteiger partial charge in [0.15, 0.2) is 11.5 Å². The lowest BCUT2D eigenvalue weighted by Gasteiger charge is -2.28. The van der Waals surface area contributed by atoms with E-state index in [0.29, 0.717) is 18.0 Å². The minimum absolute atomic E-state index is 0.342. The van der Waals surface area contributed by atoms with Gasteiger partial charge in [-0.05, 0) is 38.0 Å². The SMILES string of the molecule is Cc1nc2cc(NC3CCOC(C)C3)ccc2o1. The lowest BCUT2D eigenvalue weighted by atomic mass is 10.0. The van der Waals surface area contributed by atoms with Gasteiger partial charge in [-0.15, -0.1) is 0 Å². The molecule has 1 aromatic heterocycles. The molecule has 0 aliphatic carbocycles. The van der Waals surface area contributed by atoms with Crippen LogP contribution in [0.4, 0.5) is 5.69 Å². The van der Waals surface area contributed by atoms with E-state index in [1.54, 1.807) is 0 Å². The van der Waals surface area contributed by atoms with Crippen molar-refractivity contribution in [3.05, 3.63) is 24.1 Å². The zero-order valence-electron chi connectivity index (χ0n) is 10.8. The number of benzene rings is 1. The number of ether oxygens (including phenoxy) is 1. The van der Waals surface area contributed by atoms with E-state index in [-0.39, 0.29) is 0 Å². The average Bonchev–Trinajstić information content (AvgIpc) is 2.68. The Hall–Kier alpha value is -1.55. The van der Waals surface area contributed by atoms with Gasteiger partial charge in [-0.2, -0.15) is 0 Å². The zero-order valence-corrected chi connectivity index (χ0v) is 10.8. The van der Waals surface area contributed by atoms with Crippen molar-refractivity contribution in [1.29, 1.82) is 0 Å². The molecule has 0 saturated carbocycles. The molecule has 18 heavy (non-hydrogen) atoms. The molecule has 3 rings (SSSR count). The van der Waals surface area contributed by atoms with Gasteiger partial charge < -0.3 is 14.5 Å². The van der Waals surface area contributed by atoms with Gasteiger partial charge in [0.05, 0.1) is 6.10 Å². The number of hydrogen-bond donors (Lipinski definition) is 1. The zero-order chi connectivity index (χ0) is 12.5. The van der Waals surface area contributed by atoms with Crippen molar-refractivity contribution < 1.29 is 9.15 Å². The molecule has 2 heterocycles. The molecule has 1 saturated heterocycles. The predicted octanol–water partition coefficient (Wildman–Crippen LogP) is 3.12. The largest absolute Gasteiger partial charge is 0.441 e. The van der Waals surface area contributed by atoms with E-state index >= 15 is 0 Å². The first-order chi connectivity index (χ1) is 8.70. The summed E-state index contributed by atoms with van der Waals surface area (Å²) in [4.78, 5) is 4.35. The van der Waals surface area contributed by atoms with Crippen LogP contribution < -0.4 is 5.32 Å². The fraction of sp³-hybridized carbons (Fsp3) is 0.500. The summed E-state index contributed by atoms with van der Waals surface area (Å²) in [5.74, 6) is 0.710. The van der Waals surface area contributed by atoms with Crippen molar-refractivity contribution >= 4 is 16.8 Å². The van der Waals surface area contributed by atoms with Crippen molar-refractivity contribution in [2.24, 2.45) is 0 Å². The molecule has 0 spiro atoms. The molecule has 1 fully saturated rings. The van der Waals surface area contributed by atoms with Gasteiger partial charge in [-0.3, -0.25) is 0 Å². The smallest absolute Gasteiger partial charge is 0.192 e. The third-order valence-corrected chi connectivity index (χ3v) is 3.35. The van der Waals surface area contributed by atoms with Crippen LogP contribution in [0.15, 0.2) is 22.6 Å². The van der Waals surface area contributed by atoms with Gasteiger partial charge in [-0.25, -0.2) is 4.98 Å². The highest BCUT2D eigenvalue weighted by atomic mass is 16.5. The summed E-state index contributed by atoms with van der Waals surface area (Å²) in [5, 5.41) is 3.55. The second kappa shape index (κ2) is 4.61. The summed E-state index contributed by atoms with van der Waals surface area (Å²) >= 11 is 0. The second-order valence-electron chi connectivity index (χ2n) is 4.96. The van der Waals surface area contributed by atoms with E-state index in [1.807, 2.05) is 25.1 Å².